The monoisotopic (exact) mass is 443 g/mol. The molecule has 0 bridgehead atoms. The van der Waals surface area contributed by atoms with Gasteiger partial charge in [0, 0.05) is 31.1 Å². The summed E-state index contributed by atoms with van der Waals surface area (Å²) in [5.41, 5.74) is 1.59. The molecule has 1 amide bonds. The molecule has 2 heterocycles. The minimum atomic E-state index is -0.0146. The van der Waals surface area contributed by atoms with Crippen molar-refractivity contribution in [3.8, 4) is 5.75 Å². The van der Waals surface area contributed by atoms with Crippen LogP contribution in [0.5, 0.6) is 5.75 Å². The highest BCUT2D eigenvalue weighted by Crippen LogP contribution is 2.33. The number of carbonyl (C=O) groups excluding carboxylic acids is 1. The van der Waals surface area contributed by atoms with E-state index in [2.05, 4.69) is 4.90 Å². The van der Waals surface area contributed by atoms with Crippen LogP contribution in [0.4, 0.5) is 5.13 Å². The molecule has 1 aliphatic rings. The predicted molar refractivity (Wildman–Crippen MR) is 123 cm³/mol. The van der Waals surface area contributed by atoms with Gasteiger partial charge >= 0.3 is 0 Å². The minimum absolute atomic E-state index is 0.0146. The fourth-order valence-corrected chi connectivity index (χ4v) is 5.06. The number of ether oxygens (including phenoxy) is 2. The quantitative estimate of drug-likeness (QED) is 0.515. The third-order valence-corrected chi connectivity index (χ3v) is 6.98. The molecule has 0 radical (unpaired) electrons. The Balaban J connectivity index is 1.66. The number of nitrogens with zero attached hydrogens (tertiary/aromatic N) is 3. The highest BCUT2D eigenvalue weighted by Gasteiger charge is 2.24. The van der Waals surface area contributed by atoms with Crippen LogP contribution in [0.1, 0.15) is 10.4 Å². The first-order chi connectivity index (χ1) is 14.7. The summed E-state index contributed by atoms with van der Waals surface area (Å²) in [6, 6.07) is 13.6. The summed E-state index contributed by atoms with van der Waals surface area (Å²) in [6.07, 6.45) is 1.99. The molecular weight excluding hydrogens is 418 g/mol. The number of hydrogen-bond acceptors (Lipinski definition) is 7. The fourth-order valence-electron chi connectivity index (χ4n) is 3.45. The van der Waals surface area contributed by atoms with Gasteiger partial charge in [0.25, 0.3) is 5.91 Å². The van der Waals surface area contributed by atoms with Crippen molar-refractivity contribution < 1.29 is 14.3 Å². The van der Waals surface area contributed by atoms with E-state index in [0.29, 0.717) is 17.2 Å². The molecule has 158 valence electrons. The molecule has 30 heavy (non-hydrogen) atoms. The number of thioether (sulfide) groups is 1. The number of carbonyl (C=O) groups is 1. The van der Waals surface area contributed by atoms with Crippen LogP contribution >= 0.6 is 23.1 Å². The first-order valence-electron chi connectivity index (χ1n) is 9.89. The Morgan fingerprint density at radius 3 is 2.83 bits per heavy atom. The van der Waals surface area contributed by atoms with Gasteiger partial charge in [-0.1, -0.05) is 23.5 Å². The lowest BCUT2D eigenvalue weighted by molar-refractivity contribution is 0.0391. The molecule has 2 aromatic carbocycles. The Bertz CT molecular complexity index is 1020. The lowest BCUT2D eigenvalue weighted by Gasteiger charge is -2.29. The SMILES string of the molecule is COc1ccc2nc(N(CCN3CCOCC3)C(=O)c3ccccc3SC)sc2c1. The van der Waals surface area contributed by atoms with Crippen LogP contribution in [-0.2, 0) is 4.74 Å². The second kappa shape index (κ2) is 9.78. The number of aromatic nitrogens is 1. The Hall–Kier alpha value is -2.13. The van der Waals surface area contributed by atoms with Gasteiger partial charge < -0.3 is 9.47 Å². The van der Waals surface area contributed by atoms with Crippen LogP contribution in [0.25, 0.3) is 10.2 Å². The number of methoxy groups -OCH3 is 1. The molecule has 1 aromatic heterocycles. The zero-order valence-corrected chi connectivity index (χ0v) is 18.8. The molecular formula is C22H25N3O3S2. The number of benzene rings is 2. The van der Waals surface area contributed by atoms with Gasteiger partial charge in [-0.25, -0.2) is 4.98 Å². The van der Waals surface area contributed by atoms with Crippen molar-refractivity contribution in [2.24, 2.45) is 0 Å². The van der Waals surface area contributed by atoms with E-state index in [0.717, 1.165) is 53.7 Å². The Morgan fingerprint density at radius 2 is 2.07 bits per heavy atom. The highest BCUT2D eigenvalue weighted by molar-refractivity contribution is 7.98. The number of morpholine rings is 1. The second-order valence-corrected chi connectivity index (χ2v) is 8.80. The van der Waals surface area contributed by atoms with Crippen LogP contribution in [0.2, 0.25) is 0 Å². The van der Waals surface area contributed by atoms with Crippen LogP contribution in [-0.4, -0.2) is 68.5 Å². The van der Waals surface area contributed by atoms with Crippen molar-refractivity contribution in [3.63, 3.8) is 0 Å². The van der Waals surface area contributed by atoms with Gasteiger partial charge in [0.15, 0.2) is 5.13 Å². The first kappa shape index (κ1) is 21.1. The molecule has 0 aliphatic carbocycles. The Morgan fingerprint density at radius 1 is 1.27 bits per heavy atom. The lowest BCUT2D eigenvalue weighted by atomic mass is 10.2. The largest absolute Gasteiger partial charge is 0.497 e. The van der Waals surface area contributed by atoms with Crippen molar-refractivity contribution in [2.75, 3.05) is 57.7 Å². The van der Waals surface area contributed by atoms with Gasteiger partial charge in [-0.15, -0.1) is 11.8 Å². The van der Waals surface area contributed by atoms with E-state index in [4.69, 9.17) is 14.5 Å². The number of anilines is 1. The van der Waals surface area contributed by atoms with Crippen molar-refractivity contribution in [2.45, 2.75) is 4.90 Å². The average molecular weight is 444 g/mol. The summed E-state index contributed by atoms with van der Waals surface area (Å²) < 4.78 is 11.8. The Kier molecular flexibility index (Phi) is 6.89. The summed E-state index contributed by atoms with van der Waals surface area (Å²) in [5, 5.41) is 0.715. The molecule has 1 fully saturated rings. The van der Waals surface area contributed by atoms with Crippen molar-refractivity contribution >= 4 is 44.4 Å². The summed E-state index contributed by atoms with van der Waals surface area (Å²) >= 11 is 3.11. The van der Waals surface area contributed by atoms with Crippen molar-refractivity contribution in [3.05, 3.63) is 48.0 Å². The average Bonchev–Trinajstić information content (AvgIpc) is 3.22. The van der Waals surface area contributed by atoms with Gasteiger partial charge in [-0.05, 0) is 36.6 Å². The number of amides is 1. The number of thiazole rings is 1. The lowest BCUT2D eigenvalue weighted by Crippen LogP contribution is -2.43. The van der Waals surface area contributed by atoms with Crippen LogP contribution in [0, 0.1) is 0 Å². The molecule has 8 heteroatoms. The predicted octanol–water partition coefficient (Wildman–Crippen LogP) is 4.01. The number of rotatable bonds is 7. The van der Waals surface area contributed by atoms with Crippen molar-refractivity contribution in [1.29, 1.82) is 0 Å². The van der Waals surface area contributed by atoms with E-state index in [9.17, 15) is 4.79 Å². The maximum Gasteiger partial charge on any atom is 0.261 e. The third-order valence-electron chi connectivity index (χ3n) is 5.14. The number of hydrogen-bond donors (Lipinski definition) is 0. The number of fused-ring (bicyclic) bond motifs is 1. The van der Waals surface area contributed by atoms with Crippen LogP contribution in [0.3, 0.4) is 0 Å². The minimum Gasteiger partial charge on any atom is -0.497 e. The van der Waals surface area contributed by atoms with Gasteiger partial charge in [0.2, 0.25) is 0 Å². The molecule has 0 saturated carbocycles. The topological polar surface area (TPSA) is 54.9 Å². The molecule has 4 rings (SSSR count). The first-order valence-corrected chi connectivity index (χ1v) is 11.9. The summed E-state index contributed by atoms with van der Waals surface area (Å²) in [7, 11) is 1.65. The van der Waals surface area contributed by atoms with E-state index in [-0.39, 0.29) is 5.91 Å². The normalized spacial score (nSPS) is 14.7. The third kappa shape index (κ3) is 4.62. The van der Waals surface area contributed by atoms with E-state index < -0.39 is 0 Å². The van der Waals surface area contributed by atoms with E-state index in [1.165, 1.54) is 11.3 Å². The van der Waals surface area contributed by atoms with Crippen molar-refractivity contribution in [1.82, 2.24) is 9.88 Å². The molecule has 1 saturated heterocycles. The van der Waals surface area contributed by atoms with Gasteiger partial charge in [0.1, 0.15) is 5.75 Å². The van der Waals surface area contributed by atoms with Crippen LogP contribution < -0.4 is 9.64 Å². The zero-order valence-electron chi connectivity index (χ0n) is 17.2. The fraction of sp³-hybridized carbons (Fsp3) is 0.364. The van der Waals surface area contributed by atoms with Gasteiger partial charge in [-0.2, -0.15) is 0 Å². The molecule has 0 atom stereocenters. The molecule has 0 N–H and O–H groups in total. The standard InChI is InChI=1S/C22H25N3O3S2/c1-27-16-7-8-18-20(15-16)30-22(23-18)25(10-9-24-11-13-28-14-12-24)21(26)17-5-3-4-6-19(17)29-2/h3-8,15H,9-14H2,1-2H3. The van der Waals surface area contributed by atoms with Gasteiger partial charge in [-0.3, -0.25) is 14.6 Å². The van der Waals surface area contributed by atoms with E-state index in [1.54, 1.807) is 18.9 Å². The summed E-state index contributed by atoms with van der Waals surface area (Å²) in [5.74, 6) is 0.774. The van der Waals surface area contributed by atoms with Crippen LogP contribution in [0.15, 0.2) is 47.4 Å². The zero-order chi connectivity index (χ0) is 20.9. The molecule has 1 aliphatic heterocycles. The molecule has 0 unspecified atom stereocenters. The maximum absolute atomic E-state index is 13.6. The Labute approximate surface area is 184 Å². The molecule has 0 spiro atoms. The second-order valence-electron chi connectivity index (χ2n) is 6.94. The molecule has 3 aromatic rings. The maximum atomic E-state index is 13.6. The smallest absolute Gasteiger partial charge is 0.261 e. The summed E-state index contributed by atoms with van der Waals surface area (Å²) in [4.78, 5) is 23.5. The summed E-state index contributed by atoms with van der Waals surface area (Å²) in [6.45, 7) is 4.63. The molecule has 6 nitrogen and oxygen atoms in total. The van der Waals surface area contributed by atoms with E-state index in [1.807, 2.05) is 53.6 Å². The van der Waals surface area contributed by atoms with E-state index >= 15 is 0 Å². The highest BCUT2D eigenvalue weighted by atomic mass is 32.2. The van der Waals surface area contributed by atoms with Gasteiger partial charge in [0.05, 0.1) is 36.1 Å².